The third-order valence-electron chi connectivity index (χ3n) is 2.39. The van der Waals surface area contributed by atoms with Crippen molar-refractivity contribution in [2.45, 2.75) is 20.4 Å². The van der Waals surface area contributed by atoms with Gasteiger partial charge in [-0.15, -0.1) is 0 Å². The smallest absolute Gasteiger partial charge is 0.144 e. The number of aromatic nitrogens is 2. The summed E-state index contributed by atoms with van der Waals surface area (Å²) in [5, 5.41) is 3.04. The maximum Gasteiger partial charge on any atom is 0.144 e. The molecule has 1 aromatic heterocycles. The van der Waals surface area contributed by atoms with Crippen molar-refractivity contribution in [3.63, 3.8) is 0 Å². The summed E-state index contributed by atoms with van der Waals surface area (Å²) >= 11 is 0. The van der Waals surface area contributed by atoms with Crippen molar-refractivity contribution in [3.05, 3.63) is 17.6 Å². The Labute approximate surface area is 103 Å². The fourth-order valence-electron chi connectivity index (χ4n) is 1.51. The summed E-state index contributed by atoms with van der Waals surface area (Å²) in [6.45, 7) is 7.12. The lowest BCUT2D eigenvalue weighted by molar-refractivity contribution is 0.119. The minimum Gasteiger partial charge on any atom is -0.380 e. The molecule has 96 valence electrons. The van der Waals surface area contributed by atoms with Crippen molar-refractivity contribution in [3.8, 4) is 0 Å². The molecule has 5 heteroatoms. The van der Waals surface area contributed by atoms with Gasteiger partial charge in [0.2, 0.25) is 0 Å². The first kappa shape index (κ1) is 13.9. The molecule has 1 N–H and O–H groups in total. The highest BCUT2D eigenvalue weighted by molar-refractivity contribution is 5.34. The Kier molecular flexibility index (Phi) is 5.86. The van der Waals surface area contributed by atoms with E-state index in [0.29, 0.717) is 0 Å². The molecule has 0 atom stereocenters. The van der Waals surface area contributed by atoms with E-state index in [1.807, 2.05) is 34.0 Å². The Balaban J connectivity index is 2.52. The van der Waals surface area contributed by atoms with Crippen molar-refractivity contribution >= 4 is 5.82 Å². The van der Waals surface area contributed by atoms with E-state index in [1.165, 1.54) is 0 Å². The van der Waals surface area contributed by atoms with E-state index in [1.54, 1.807) is 0 Å². The van der Waals surface area contributed by atoms with E-state index < -0.39 is 0 Å². The second kappa shape index (κ2) is 7.19. The van der Waals surface area contributed by atoms with E-state index in [-0.39, 0.29) is 0 Å². The van der Waals surface area contributed by atoms with E-state index in [2.05, 4.69) is 20.2 Å². The molecule has 0 amide bonds. The van der Waals surface area contributed by atoms with E-state index >= 15 is 0 Å². The third-order valence-corrected chi connectivity index (χ3v) is 2.39. The van der Waals surface area contributed by atoms with Crippen LogP contribution in [0.4, 0.5) is 5.82 Å². The lowest BCUT2D eigenvalue weighted by Gasteiger charge is -2.16. The van der Waals surface area contributed by atoms with E-state index in [9.17, 15) is 0 Å². The van der Waals surface area contributed by atoms with Crippen LogP contribution in [0, 0.1) is 6.92 Å². The maximum atomic E-state index is 5.32. The summed E-state index contributed by atoms with van der Waals surface area (Å²) in [7, 11) is 3.91. The second-order valence-corrected chi connectivity index (χ2v) is 4.00. The molecule has 5 nitrogen and oxygen atoms in total. The molecule has 17 heavy (non-hydrogen) atoms. The Hall–Kier alpha value is -1.20. The van der Waals surface area contributed by atoms with Crippen LogP contribution in [-0.2, 0) is 11.3 Å². The first-order chi connectivity index (χ1) is 8.15. The predicted octanol–water partition coefficient (Wildman–Crippen LogP) is 1.30. The number of likely N-dealkylation sites (N-methyl/N-ethyl adjacent to an activating group) is 1. The highest BCUT2D eigenvalue weighted by Gasteiger charge is 2.05. The molecule has 0 saturated heterocycles. The minimum absolute atomic E-state index is 0.740. The quantitative estimate of drug-likeness (QED) is 0.726. The molecule has 0 spiro atoms. The SMILES string of the molecule is CCOCCN(C)Cc1nc(C)cc(NC)n1. The number of nitrogens with one attached hydrogen (secondary N) is 1. The van der Waals surface area contributed by atoms with Crippen LogP contribution in [0.5, 0.6) is 0 Å². The fraction of sp³-hybridized carbons (Fsp3) is 0.667. The van der Waals surface area contributed by atoms with Crippen LogP contribution in [0.15, 0.2) is 6.07 Å². The van der Waals surface area contributed by atoms with Gasteiger partial charge in [0.15, 0.2) is 0 Å². The van der Waals surface area contributed by atoms with Gasteiger partial charge >= 0.3 is 0 Å². The van der Waals surface area contributed by atoms with Crippen molar-refractivity contribution in [2.24, 2.45) is 0 Å². The number of hydrogen-bond donors (Lipinski definition) is 1. The van der Waals surface area contributed by atoms with Gasteiger partial charge in [0, 0.05) is 32.0 Å². The van der Waals surface area contributed by atoms with E-state index in [4.69, 9.17) is 4.74 Å². The van der Waals surface area contributed by atoms with Crippen LogP contribution in [0.3, 0.4) is 0 Å². The molecule has 1 rings (SSSR count). The summed E-state index contributed by atoms with van der Waals surface area (Å²) in [5.74, 6) is 1.71. The van der Waals surface area contributed by atoms with Crippen molar-refractivity contribution in [2.75, 3.05) is 39.2 Å². The van der Waals surface area contributed by atoms with Crippen LogP contribution in [0.1, 0.15) is 18.4 Å². The standard InChI is InChI=1S/C12H22N4O/c1-5-17-7-6-16(4)9-12-14-10(2)8-11(13-3)15-12/h8H,5-7,9H2,1-4H3,(H,13,14,15). The number of rotatable bonds is 7. The fourth-order valence-corrected chi connectivity index (χ4v) is 1.51. The average Bonchev–Trinajstić information content (AvgIpc) is 2.28. The number of anilines is 1. The molecule has 0 bridgehead atoms. The Morgan fingerprint density at radius 1 is 1.41 bits per heavy atom. The largest absolute Gasteiger partial charge is 0.380 e. The topological polar surface area (TPSA) is 50.3 Å². The number of aryl methyl sites for hydroxylation is 1. The van der Waals surface area contributed by atoms with Gasteiger partial charge in [0.1, 0.15) is 11.6 Å². The Bertz CT molecular complexity index is 343. The van der Waals surface area contributed by atoms with Crippen LogP contribution >= 0.6 is 0 Å². The molecular formula is C12H22N4O. The van der Waals surface area contributed by atoms with Gasteiger partial charge in [-0.1, -0.05) is 0 Å². The van der Waals surface area contributed by atoms with Crippen LogP contribution in [-0.4, -0.2) is 48.7 Å². The molecular weight excluding hydrogens is 216 g/mol. The number of nitrogens with zero attached hydrogens (tertiary/aromatic N) is 3. The summed E-state index contributed by atoms with van der Waals surface area (Å²) in [5.41, 5.74) is 0.984. The van der Waals surface area contributed by atoms with Gasteiger partial charge in [-0.25, -0.2) is 9.97 Å². The summed E-state index contributed by atoms with van der Waals surface area (Å²) < 4.78 is 5.32. The zero-order chi connectivity index (χ0) is 12.7. The average molecular weight is 238 g/mol. The van der Waals surface area contributed by atoms with Crippen LogP contribution < -0.4 is 5.32 Å². The predicted molar refractivity (Wildman–Crippen MR) is 69.1 cm³/mol. The Morgan fingerprint density at radius 3 is 2.82 bits per heavy atom. The Morgan fingerprint density at radius 2 is 2.18 bits per heavy atom. The maximum absolute atomic E-state index is 5.32. The number of hydrogen-bond acceptors (Lipinski definition) is 5. The van der Waals surface area contributed by atoms with Crippen molar-refractivity contribution in [1.82, 2.24) is 14.9 Å². The molecule has 0 aliphatic rings. The molecule has 0 aliphatic heterocycles. The highest BCUT2D eigenvalue weighted by atomic mass is 16.5. The van der Waals surface area contributed by atoms with E-state index in [0.717, 1.165) is 43.6 Å². The summed E-state index contributed by atoms with van der Waals surface area (Å²) in [6, 6.07) is 1.93. The molecule has 0 saturated carbocycles. The molecule has 0 aromatic carbocycles. The highest BCUT2D eigenvalue weighted by Crippen LogP contribution is 2.06. The van der Waals surface area contributed by atoms with Crippen molar-refractivity contribution < 1.29 is 4.74 Å². The van der Waals surface area contributed by atoms with Gasteiger partial charge in [-0.05, 0) is 20.9 Å². The molecule has 0 aliphatic carbocycles. The van der Waals surface area contributed by atoms with Crippen LogP contribution in [0.2, 0.25) is 0 Å². The van der Waals surface area contributed by atoms with Gasteiger partial charge in [0.05, 0.1) is 13.2 Å². The van der Waals surface area contributed by atoms with Gasteiger partial charge in [0.25, 0.3) is 0 Å². The van der Waals surface area contributed by atoms with Gasteiger partial charge < -0.3 is 10.1 Å². The molecule has 1 heterocycles. The zero-order valence-corrected chi connectivity index (χ0v) is 11.2. The first-order valence-electron chi connectivity index (χ1n) is 5.94. The number of ether oxygens (including phenoxy) is 1. The molecule has 1 aromatic rings. The summed E-state index contributed by atoms with van der Waals surface area (Å²) in [4.78, 5) is 11.0. The molecule has 0 fully saturated rings. The second-order valence-electron chi connectivity index (χ2n) is 4.00. The lowest BCUT2D eigenvalue weighted by Crippen LogP contribution is -2.24. The monoisotopic (exact) mass is 238 g/mol. The third kappa shape index (κ3) is 5.10. The van der Waals surface area contributed by atoms with Crippen molar-refractivity contribution in [1.29, 1.82) is 0 Å². The summed E-state index contributed by atoms with van der Waals surface area (Å²) in [6.07, 6.45) is 0. The molecule has 0 radical (unpaired) electrons. The molecule has 0 unspecified atom stereocenters. The zero-order valence-electron chi connectivity index (χ0n) is 11.2. The first-order valence-corrected chi connectivity index (χ1v) is 5.94. The van der Waals surface area contributed by atoms with Gasteiger partial charge in [-0.2, -0.15) is 0 Å². The normalized spacial score (nSPS) is 10.9. The minimum atomic E-state index is 0.740. The lowest BCUT2D eigenvalue weighted by atomic mass is 10.4. The van der Waals surface area contributed by atoms with Gasteiger partial charge in [-0.3, -0.25) is 4.90 Å². The van der Waals surface area contributed by atoms with Crippen LogP contribution in [0.25, 0.3) is 0 Å².